The maximum atomic E-state index is 4.45. The molecule has 0 atom stereocenters. The largest absolute Gasteiger partial charge is 0.342 e. The molecule has 3 rings (SSSR count). The van der Waals surface area contributed by atoms with E-state index in [0.29, 0.717) is 0 Å². The molecule has 2 nitrogen and oxygen atoms in total. The number of aromatic nitrogens is 2. The van der Waals surface area contributed by atoms with E-state index in [1.807, 2.05) is 6.20 Å². The average molecular weight is 277 g/mol. The summed E-state index contributed by atoms with van der Waals surface area (Å²) < 4.78 is 1.14. The Morgan fingerprint density at radius 3 is 2.88 bits per heavy atom. The van der Waals surface area contributed by atoms with Crippen molar-refractivity contribution in [2.45, 2.75) is 25.7 Å². The third-order valence-electron chi connectivity index (χ3n) is 3.04. The minimum absolute atomic E-state index is 0.734. The fourth-order valence-corrected chi connectivity index (χ4v) is 2.12. The second kappa shape index (κ2) is 3.74. The van der Waals surface area contributed by atoms with Crippen LogP contribution in [0.4, 0.5) is 0 Å². The van der Waals surface area contributed by atoms with Crippen molar-refractivity contribution in [1.82, 2.24) is 9.97 Å². The van der Waals surface area contributed by atoms with Crippen molar-refractivity contribution >= 4 is 15.9 Å². The van der Waals surface area contributed by atoms with Gasteiger partial charge in [-0.1, -0.05) is 22.0 Å². The number of hydrogen-bond acceptors (Lipinski definition) is 1. The standard InChI is InChI=1S/C13H13BrN2/c1-8-6-10(4-5-11(8)14)13-15-7-12(16-13)9-2-3-9/h4-7,9H,2-3H2,1H3,(H,15,16). The Kier molecular flexibility index (Phi) is 2.36. The molecule has 1 saturated carbocycles. The van der Waals surface area contributed by atoms with Crippen LogP contribution in [0.3, 0.4) is 0 Å². The average Bonchev–Trinajstić information content (AvgIpc) is 3.01. The summed E-state index contributed by atoms with van der Waals surface area (Å²) in [7, 11) is 0. The topological polar surface area (TPSA) is 28.7 Å². The zero-order chi connectivity index (χ0) is 11.1. The summed E-state index contributed by atoms with van der Waals surface area (Å²) in [5, 5.41) is 0. The van der Waals surface area contributed by atoms with Crippen LogP contribution in [0.5, 0.6) is 0 Å². The van der Waals surface area contributed by atoms with Gasteiger partial charge in [-0.05, 0) is 37.5 Å². The number of aromatic amines is 1. The van der Waals surface area contributed by atoms with E-state index in [9.17, 15) is 0 Å². The van der Waals surface area contributed by atoms with Gasteiger partial charge in [0.25, 0.3) is 0 Å². The van der Waals surface area contributed by atoms with Crippen molar-refractivity contribution in [2.75, 3.05) is 0 Å². The highest BCUT2D eigenvalue weighted by atomic mass is 79.9. The molecule has 1 aliphatic carbocycles. The Balaban J connectivity index is 1.97. The molecule has 1 aromatic heterocycles. The number of rotatable bonds is 2. The number of nitrogens with zero attached hydrogens (tertiary/aromatic N) is 1. The minimum Gasteiger partial charge on any atom is -0.342 e. The van der Waals surface area contributed by atoms with Crippen LogP contribution >= 0.6 is 15.9 Å². The maximum Gasteiger partial charge on any atom is 0.137 e. The summed E-state index contributed by atoms with van der Waals surface area (Å²) in [6.07, 6.45) is 4.59. The fraction of sp³-hybridized carbons (Fsp3) is 0.308. The van der Waals surface area contributed by atoms with E-state index < -0.39 is 0 Å². The van der Waals surface area contributed by atoms with Crippen LogP contribution in [0.2, 0.25) is 0 Å². The van der Waals surface area contributed by atoms with E-state index in [1.54, 1.807) is 0 Å². The summed E-state index contributed by atoms with van der Waals surface area (Å²) in [5.41, 5.74) is 3.69. The zero-order valence-electron chi connectivity index (χ0n) is 9.13. The molecule has 0 aliphatic heterocycles. The summed E-state index contributed by atoms with van der Waals surface area (Å²) in [4.78, 5) is 7.86. The van der Waals surface area contributed by atoms with Gasteiger partial charge in [0, 0.05) is 27.8 Å². The van der Waals surface area contributed by atoms with E-state index >= 15 is 0 Å². The van der Waals surface area contributed by atoms with E-state index in [1.165, 1.54) is 24.1 Å². The summed E-state index contributed by atoms with van der Waals surface area (Å²) in [6.45, 7) is 2.10. The van der Waals surface area contributed by atoms with E-state index in [-0.39, 0.29) is 0 Å². The number of hydrogen-bond donors (Lipinski definition) is 1. The number of imidazole rings is 1. The monoisotopic (exact) mass is 276 g/mol. The summed E-state index contributed by atoms with van der Waals surface area (Å²) in [6, 6.07) is 6.32. The lowest BCUT2D eigenvalue weighted by atomic mass is 10.1. The molecule has 0 amide bonds. The lowest BCUT2D eigenvalue weighted by Gasteiger charge is -2.01. The molecule has 0 radical (unpaired) electrons. The Morgan fingerprint density at radius 2 is 2.19 bits per heavy atom. The normalized spacial score (nSPS) is 15.4. The van der Waals surface area contributed by atoms with E-state index in [2.05, 4.69) is 51.0 Å². The third kappa shape index (κ3) is 1.80. The first kappa shape index (κ1) is 10.1. The van der Waals surface area contributed by atoms with Crippen molar-refractivity contribution < 1.29 is 0 Å². The molecule has 0 unspecified atom stereocenters. The van der Waals surface area contributed by atoms with Crippen LogP contribution in [-0.4, -0.2) is 9.97 Å². The van der Waals surface area contributed by atoms with Crippen LogP contribution in [0.15, 0.2) is 28.9 Å². The lowest BCUT2D eigenvalue weighted by Crippen LogP contribution is -1.84. The molecule has 1 aliphatic rings. The highest BCUT2D eigenvalue weighted by molar-refractivity contribution is 9.10. The van der Waals surface area contributed by atoms with Crippen LogP contribution in [0, 0.1) is 6.92 Å². The fourth-order valence-electron chi connectivity index (χ4n) is 1.88. The SMILES string of the molecule is Cc1cc(-c2ncc(C3CC3)[nH]2)ccc1Br. The molecule has 2 aromatic rings. The van der Waals surface area contributed by atoms with Gasteiger partial charge in [0.1, 0.15) is 5.82 Å². The van der Waals surface area contributed by atoms with Gasteiger partial charge in [0.05, 0.1) is 0 Å². The molecule has 0 spiro atoms. The van der Waals surface area contributed by atoms with Gasteiger partial charge in [-0.2, -0.15) is 0 Å². The lowest BCUT2D eigenvalue weighted by molar-refractivity contribution is 1.05. The van der Waals surface area contributed by atoms with Crippen molar-refractivity contribution in [3.63, 3.8) is 0 Å². The third-order valence-corrected chi connectivity index (χ3v) is 3.93. The van der Waals surface area contributed by atoms with Gasteiger partial charge < -0.3 is 4.98 Å². The van der Waals surface area contributed by atoms with Gasteiger partial charge in [-0.25, -0.2) is 4.98 Å². The first-order valence-electron chi connectivity index (χ1n) is 5.55. The number of halogens is 1. The molecular weight excluding hydrogens is 264 g/mol. The predicted octanol–water partition coefficient (Wildman–Crippen LogP) is 4.03. The highest BCUT2D eigenvalue weighted by Crippen LogP contribution is 2.39. The van der Waals surface area contributed by atoms with Crippen LogP contribution < -0.4 is 0 Å². The Morgan fingerprint density at radius 1 is 1.38 bits per heavy atom. The number of benzene rings is 1. The quantitative estimate of drug-likeness (QED) is 0.882. The minimum atomic E-state index is 0.734. The van der Waals surface area contributed by atoms with E-state index in [0.717, 1.165) is 21.8 Å². The van der Waals surface area contributed by atoms with Crippen molar-refractivity contribution in [3.8, 4) is 11.4 Å². The van der Waals surface area contributed by atoms with Crippen LogP contribution in [0.1, 0.15) is 30.0 Å². The molecule has 0 saturated heterocycles. The van der Waals surface area contributed by atoms with Crippen LogP contribution in [-0.2, 0) is 0 Å². The van der Waals surface area contributed by atoms with Crippen LogP contribution in [0.25, 0.3) is 11.4 Å². The zero-order valence-corrected chi connectivity index (χ0v) is 10.7. The van der Waals surface area contributed by atoms with Gasteiger partial charge >= 0.3 is 0 Å². The second-order valence-corrected chi connectivity index (χ2v) is 5.28. The molecule has 16 heavy (non-hydrogen) atoms. The first-order chi connectivity index (χ1) is 7.74. The van der Waals surface area contributed by atoms with Crippen molar-refractivity contribution in [3.05, 3.63) is 40.1 Å². The van der Waals surface area contributed by atoms with Gasteiger partial charge in [0.2, 0.25) is 0 Å². The Bertz CT molecular complexity index is 526. The Labute approximate surface area is 103 Å². The molecule has 1 aromatic carbocycles. The molecule has 0 bridgehead atoms. The van der Waals surface area contributed by atoms with Gasteiger partial charge in [-0.3, -0.25) is 0 Å². The molecule has 3 heteroatoms. The molecule has 82 valence electrons. The van der Waals surface area contributed by atoms with E-state index in [4.69, 9.17) is 0 Å². The van der Waals surface area contributed by atoms with Crippen molar-refractivity contribution in [1.29, 1.82) is 0 Å². The summed E-state index contributed by atoms with van der Waals surface area (Å²) in [5.74, 6) is 1.72. The smallest absolute Gasteiger partial charge is 0.137 e. The maximum absolute atomic E-state index is 4.45. The number of aryl methyl sites for hydroxylation is 1. The highest BCUT2D eigenvalue weighted by Gasteiger charge is 2.25. The number of H-pyrrole nitrogens is 1. The van der Waals surface area contributed by atoms with Gasteiger partial charge in [-0.15, -0.1) is 0 Å². The molecular formula is C13H13BrN2. The molecule has 1 N–H and O–H groups in total. The second-order valence-electron chi connectivity index (χ2n) is 4.43. The van der Waals surface area contributed by atoms with Gasteiger partial charge in [0.15, 0.2) is 0 Å². The van der Waals surface area contributed by atoms with Crippen molar-refractivity contribution in [2.24, 2.45) is 0 Å². The predicted molar refractivity (Wildman–Crippen MR) is 68.4 cm³/mol. The number of nitrogens with one attached hydrogen (secondary N) is 1. The summed E-state index contributed by atoms with van der Waals surface area (Å²) >= 11 is 3.51. The first-order valence-corrected chi connectivity index (χ1v) is 6.35. The Hall–Kier alpha value is -1.09. The molecule has 1 fully saturated rings. The molecule has 1 heterocycles.